The van der Waals surface area contributed by atoms with E-state index >= 15 is 0 Å². The summed E-state index contributed by atoms with van der Waals surface area (Å²) in [5, 5.41) is 20.1. The fourth-order valence-corrected chi connectivity index (χ4v) is 4.06. The van der Waals surface area contributed by atoms with Gasteiger partial charge in [0.25, 0.3) is 0 Å². The molecule has 0 bridgehead atoms. The van der Waals surface area contributed by atoms with E-state index in [-0.39, 0.29) is 11.7 Å². The highest BCUT2D eigenvalue weighted by Gasteiger charge is 2.15. The van der Waals surface area contributed by atoms with Crippen LogP contribution >= 0.6 is 11.6 Å². The number of hydrogen-bond donors (Lipinski definition) is 1. The Morgan fingerprint density at radius 2 is 1.97 bits per heavy atom. The second kappa shape index (κ2) is 11.1. The number of carbonyl (C=O) groups is 1. The molecule has 2 aromatic carbocycles. The van der Waals surface area contributed by atoms with Gasteiger partial charge in [0.05, 0.1) is 22.1 Å². The van der Waals surface area contributed by atoms with Gasteiger partial charge in [-0.1, -0.05) is 43.7 Å². The van der Waals surface area contributed by atoms with E-state index in [4.69, 9.17) is 16.7 Å². The van der Waals surface area contributed by atoms with Crippen LogP contribution in [0.3, 0.4) is 0 Å². The van der Waals surface area contributed by atoms with Crippen molar-refractivity contribution in [3.05, 3.63) is 81.3 Å². The molecular weight excluding hydrogens is 475 g/mol. The summed E-state index contributed by atoms with van der Waals surface area (Å²) >= 11 is 5.90. The maximum absolute atomic E-state index is 13.3. The number of aromatic nitrogens is 1. The van der Waals surface area contributed by atoms with E-state index in [0.29, 0.717) is 21.5 Å². The second-order valence-corrected chi connectivity index (χ2v) is 9.44. The molecule has 0 fully saturated rings. The average molecular weight is 497 g/mol. The summed E-state index contributed by atoms with van der Waals surface area (Å²) in [6, 6.07) is 9.87. The molecule has 0 aliphatic heterocycles. The molecule has 1 atom stereocenters. The number of nitrogens with zero attached hydrogens (tertiary/aromatic N) is 2. The molecular formula is C22H22ClFN2O6S. The van der Waals surface area contributed by atoms with Gasteiger partial charge in [-0.25, -0.2) is 12.4 Å². The first-order valence-electron chi connectivity index (χ1n) is 9.79. The minimum absolute atomic E-state index is 0.181. The molecule has 1 heterocycles. The third-order valence-corrected chi connectivity index (χ3v) is 6.50. The lowest BCUT2D eigenvalue weighted by molar-refractivity contribution is -0.387. The molecule has 1 unspecified atom stereocenters. The van der Waals surface area contributed by atoms with Crippen molar-refractivity contribution in [1.29, 1.82) is 0 Å². The van der Waals surface area contributed by atoms with E-state index < -0.39 is 32.4 Å². The smallest absolute Gasteiger partial charge is 0.306 e. The maximum Gasteiger partial charge on any atom is 0.306 e. The molecule has 1 aromatic heterocycles. The molecule has 0 saturated carbocycles. The Morgan fingerprint density at radius 1 is 1.27 bits per heavy atom. The molecule has 0 amide bonds. The lowest BCUT2D eigenvalue weighted by atomic mass is 10.1. The minimum Gasteiger partial charge on any atom is -0.481 e. The summed E-state index contributed by atoms with van der Waals surface area (Å²) in [5.74, 6) is -2.16. The molecule has 3 rings (SSSR count). The maximum atomic E-state index is 13.3. The van der Waals surface area contributed by atoms with Gasteiger partial charge in [-0.15, -0.1) is 0 Å². The largest absolute Gasteiger partial charge is 0.481 e. The summed E-state index contributed by atoms with van der Waals surface area (Å²) < 4.78 is 39.5. The molecule has 0 radical (unpaired) electrons. The average Bonchev–Trinajstić information content (AvgIpc) is 3.18. The first-order valence-corrected chi connectivity index (χ1v) is 11.8. The van der Waals surface area contributed by atoms with E-state index in [1.807, 2.05) is 6.92 Å². The molecule has 176 valence electrons. The van der Waals surface area contributed by atoms with Crippen LogP contribution in [0.2, 0.25) is 5.02 Å². The summed E-state index contributed by atoms with van der Waals surface area (Å²) in [6.07, 6.45) is 4.91. The van der Waals surface area contributed by atoms with E-state index in [0.717, 1.165) is 22.5 Å². The standard InChI is InChI=1S/C17H12ClFN2O4S.C5H10O2/c18-14-4-6-16-13(11-14)7-8-20(16)26(24,25)9-1-2-12-3-5-15(19)17(10-12)21(22)23;1-3-4(2)5(6)7/h1-8,10-11H,9H2;4H,3H2,1-2H3,(H,6,7). The highest BCUT2D eigenvalue weighted by Crippen LogP contribution is 2.23. The predicted octanol–water partition coefficient (Wildman–Crippen LogP) is 5.35. The van der Waals surface area contributed by atoms with Gasteiger partial charge in [0, 0.05) is 22.7 Å². The molecule has 33 heavy (non-hydrogen) atoms. The monoisotopic (exact) mass is 496 g/mol. The van der Waals surface area contributed by atoms with Crippen molar-refractivity contribution in [3.63, 3.8) is 0 Å². The highest BCUT2D eigenvalue weighted by atomic mass is 35.5. The Morgan fingerprint density at radius 3 is 2.55 bits per heavy atom. The topological polar surface area (TPSA) is 120 Å². The van der Waals surface area contributed by atoms with E-state index in [1.165, 1.54) is 24.4 Å². The number of aliphatic carboxylic acids is 1. The molecule has 3 aromatic rings. The first-order chi connectivity index (χ1) is 15.5. The predicted molar refractivity (Wildman–Crippen MR) is 125 cm³/mol. The van der Waals surface area contributed by atoms with Crippen molar-refractivity contribution < 1.29 is 27.6 Å². The normalized spacial score (nSPS) is 12.4. The lowest BCUT2D eigenvalue weighted by Crippen LogP contribution is -2.14. The number of nitro benzene ring substituents is 1. The third-order valence-electron chi connectivity index (χ3n) is 4.73. The van der Waals surface area contributed by atoms with Crippen molar-refractivity contribution >= 4 is 50.3 Å². The number of carboxylic acid groups (broad SMARTS) is 1. The van der Waals surface area contributed by atoms with E-state index in [1.54, 1.807) is 31.2 Å². The van der Waals surface area contributed by atoms with Crippen LogP contribution in [0.25, 0.3) is 17.0 Å². The molecule has 0 spiro atoms. The minimum atomic E-state index is -3.68. The number of benzene rings is 2. The fourth-order valence-electron chi connectivity index (χ4n) is 2.66. The van der Waals surface area contributed by atoms with Crippen LogP contribution in [-0.4, -0.2) is 34.1 Å². The number of carboxylic acids is 1. The van der Waals surface area contributed by atoms with E-state index in [9.17, 15) is 27.7 Å². The summed E-state index contributed by atoms with van der Waals surface area (Å²) in [4.78, 5) is 19.8. The number of fused-ring (bicyclic) bond motifs is 1. The summed E-state index contributed by atoms with van der Waals surface area (Å²) in [5.41, 5.74) is 0.168. The van der Waals surface area contributed by atoms with Crippen LogP contribution in [0.5, 0.6) is 0 Å². The van der Waals surface area contributed by atoms with Crippen LogP contribution < -0.4 is 0 Å². The number of rotatable bonds is 7. The summed E-state index contributed by atoms with van der Waals surface area (Å²) in [6.45, 7) is 3.56. The number of halogens is 2. The quantitative estimate of drug-likeness (QED) is 0.347. The van der Waals surface area contributed by atoms with Crippen molar-refractivity contribution in [2.75, 3.05) is 5.75 Å². The SMILES string of the molecule is CCC(C)C(=O)O.O=[N+]([O-])c1cc(C=CCS(=O)(=O)n2ccc3cc(Cl)ccc32)ccc1F. The first kappa shape index (κ1) is 26.0. The van der Waals surface area contributed by atoms with Gasteiger partial charge in [0.2, 0.25) is 15.8 Å². The van der Waals surface area contributed by atoms with Crippen LogP contribution in [0.1, 0.15) is 25.8 Å². The number of hydrogen-bond acceptors (Lipinski definition) is 5. The van der Waals surface area contributed by atoms with Gasteiger partial charge in [0.15, 0.2) is 0 Å². The van der Waals surface area contributed by atoms with Crippen LogP contribution in [0, 0.1) is 21.8 Å². The Balaban J connectivity index is 0.000000479. The Labute approximate surface area is 195 Å². The number of nitro groups is 1. The van der Waals surface area contributed by atoms with Crippen molar-refractivity contribution in [1.82, 2.24) is 3.97 Å². The van der Waals surface area contributed by atoms with Gasteiger partial charge in [-0.05, 0) is 42.3 Å². The second-order valence-electron chi connectivity index (χ2n) is 7.11. The molecule has 11 heteroatoms. The van der Waals surface area contributed by atoms with Crippen LogP contribution in [-0.2, 0) is 14.8 Å². The lowest BCUT2D eigenvalue weighted by Gasteiger charge is -2.05. The van der Waals surface area contributed by atoms with Gasteiger partial charge >= 0.3 is 11.7 Å². The fraction of sp³-hybridized carbons (Fsp3) is 0.227. The van der Waals surface area contributed by atoms with Crippen molar-refractivity contribution in [3.8, 4) is 0 Å². The van der Waals surface area contributed by atoms with E-state index in [2.05, 4.69) is 0 Å². The highest BCUT2D eigenvalue weighted by molar-refractivity contribution is 7.90. The van der Waals surface area contributed by atoms with Crippen LogP contribution in [0.4, 0.5) is 10.1 Å². The third kappa shape index (κ3) is 6.87. The molecule has 0 aliphatic carbocycles. The van der Waals surface area contributed by atoms with Crippen LogP contribution in [0.15, 0.2) is 54.7 Å². The Kier molecular flexibility index (Phi) is 8.72. The zero-order valence-corrected chi connectivity index (χ0v) is 19.4. The summed E-state index contributed by atoms with van der Waals surface area (Å²) in [7, 11) is -3.68. The Bertz CT molecular complexity index is 1300. The van der Waals surface area contributed by atoms with Gasteiger partial charge in [0.1, 0.15) is 0 Å². The van der Waals surface area contributed by atoms with Crippen molar-refractivity contribution in [2.45, 2.75) is 20.3 Å². The van der Waals surface area contributed by atoms with Crippen molar-refractivity contribution in [2.24, 2.45) is 5.92 Å². The van der Waals surface area contributed by atoms with Gasteiger partial charge in [-0.3, -0.25) is 14.9 Å². The Hall–Kier alpha value is -3.24. The van der Waals surface area contributed by atoms with Gasteiger partial charge < -0.3 is 5.11 Å². The zero-order valence-electron chi connectivity index (χ0n) is 17.8. The molecule has 0 aliphatic rings. The zero-order chi connectivity index (χ0) is 24.8. The van der Waals surface area contributed by atoms with Gasteiger partial charge in [-0.2, -0.15) is 4.39 Å². The molecule has 8 nitrogen and oxygen atoms in total. The molecule has 1 N–H and O–H groups in total. The molecule has 0 saturated heterocycles.